The number of amides is 1. The fourth-order valence-electron chi connectivity index (χ4n) is 1.47. The first-order chi connectivity index (χ1) is 9.11. The minimum atomic E-state index is -0.214. The summed E-state index contributed by atoms with van der Waals surface area (Å²) in [6.45, 7) is 4.15. The van der Waals surface area contributed by atoms with Gasteiger partial charge in [0.25, 0.3) is 0 Å². The van der Waals surface area contributed by atoms with E-state index in [0.29, 0.717) is 24.5 Å². The first-order valence-corrected chi connectivity index (χ1v) is 7.37. The summed E-state index contributed by atoms with van der Waals surface area (Å²) in [5.74, 6) is 0.668. The van der Waals surface area contributed by atoms with Crippen LogP contribution in [0.25, 0.3) is 0 Å². The van der Waals surface area contributed by atoms with E-state index in [1.54, 1.807) is 6.92 Å². The molecule has 104 valence electrons. The highest BCUT2D eigenvalue weighted by Crippen LogP contribution is 2.11. The quantitative estimate of drug-likeness (QED) is 0.616. The SMILES string of the molecule is CCOC(=O)CCSCC(=O)Nc1cccc(C)c1. The van der Waals surface area contributed by atoms with Gasteiger partial charge in [-0.3, -0.25) is 9.59 Å². The van der Waals surface area contributed by atoms with Gasteiger partial charge in [0, 0.05) is 11.4 Å². The molecule has 1 aromatic carbocycles. The average molecular weight is 281 g/mol. The van der Waals surface area contributed by atoms with Crippen LogP contribution < -0.4 is 5.32 Å². The van der Waals surface area contributed by atoms with Gasteiger partial charge in [-0.05, 0) is 31.5 Å². The van der Waals surface area contributed by atoms with Gasteiger partial charge in [0.05, 0.1) is 18.8 Å². The molecule has 19 heavy (non-hydrogen) atoms. The number of anilines is 1. The first kappa shape index (κ1) is 15.6. The van der Waals surface area contributed by atoms with Crippen LogP contribution in [0.5, 0.6) is 0 Å². The molecule has 1 amide bonds. The molecular weight excluding hydrogens is 262 g/mol. The van der Waals surface area contributed by atoms with Crippen LogP contribution in [0.2, 0.25) is 0 Å². The Labute approximate surface area is 117 Å². The van der Waals surface area contributed by atoms with Gasteiger partial charge in [-0.1, -0.05) is 12.1 Å². The molecule has 1 aromatic rings. The van der Waals surface area contributed by atoms with Crippen LogP contribution in [-0.2, 0) is 14.3 Å². The normalized spacial score (nSPS) is 10.0. The largest absolute Gasteiger partial charge is 0.466 e. The van der Waals surface area contributed by atoms with Crippen molar-refractivity contribution >= 4 is 29.3 Å². The van der Waals surface area contributed by atoms with Gasteiger partial charge < -0.3 is 10.1 Å². The Morgan fingerprint density at radius 3 is 2.84 bits per heavy atom. The minimum absolute atomic E-state index is 0.0561. The highest BCUT2D eigenvalue weighted by atomic mass is 32.2. The molecule has 0 fully saturated rings. The number of carbonyl (C=O) groups excluding carboxylic acids is 2. The summed E-state index contributed by atoms with van der Waals surface area (Å²) < 4.78 is 4.80. The molecule has 0 unspecified atom stereocenters. The van der Waals surface area contributed by atoms with Crippen molar-refractivity contribution in [3.8, 4) is 0 Å². The molecule has 0 aliphatic heterocycles. The van der Waals surface area contributed by atoms with E-state index in [4.69, 9.17) is 4.74 Å². The predicted molar refractivity (Wildman–Crippen MR) is 78.4 cm³/mol. The highest BCUT2D eigenvalue weighted by Gasteiger charge is 2.05. The van der Waals surface area contributed by atoms with E-state index in [-0.39, 0.29) is 11.9 Å². The van der Waals surface area contributed by atoms with E-state index < -0.39 is 0 Å². The van der Waals surface area contributed by atoms with Crippen molar-refractivity contribution in [2.75, 3.05) is 23.4 Å². The highest BCUT2D eigenvalue weighted by molar-refractivity contribution is 7.99. The lowest BCUT2D eigenvalue weighted by Crippen LogP contribution is -2.15. The topological polar surface area (TPSA) is 55.4 Å². The maximum absolute atomic E-state index is 11.6. The van der Waals surface area contributed by atoms with Crippen molar-refractivity contribution in [3.63, 3.8) is 0 Å². The van der Waals surface area contributed by atoms with Gasteiger partial charge in [0.1, 0.15) is 0 Å². The van der Waals surface area contributed by atoms with Gasteiger partial charge >= 0.3 is 5.97 Å². The van der Waals surface area contributed by atoms with Crippen LogP contribution in [0.4, 0.5) is 5.69 Å². The second-order valence-electron chi connectivity index (χ2n) is 4.03. The molecule has 0 aromatic heterocycles. The molecule has 0 spiro atoms. The number of thioether (sulfide) groups is 1. The number of carbonyl (C=O) groups is 2. The predicted octanol–water partition coefficient (Wildman–Crippen LogP) is 2.62. The summed E-state index contributed by atoms with van der Waals surface area (Å²) in [5, 5.41) is 2.82. The molecule has 0 saturated heterocycles. The van der Waals surface area contributed by atoms with E-state index in [1.165, 1.54) is 11.8 Å². The van der Waals surface area contributed by atoms with Gasteiger partial charge in [0.2, 0.25) is 5.91 Å². The lowest BCUT2D eigenvalue weighted by atomic mass is 10.2. The Morgan fingerprint density at radius 2 is 2.16 bits per heavy atom. The molecule has 0 saturated carbocycles. The summed E-state index contributed by atoms with van der Waals surface area (Å²) in [5.41, 5.74) is 1.91. The zero-order valence-electron chi connectivity index (χ0n) is 11.3. The van der Waals surface area contributed by atoms with Crippen LogP contribution in [0.15, 0.2) is 24.3 Å². The number of hydrogen-bond acceptors (Lipinski definition) is 4. The summed E-state index contributed by atoms with van der Waals surface area (Å²) in [4.78, 5) is 22.7. The number of hydrogen-bond donors (Lipinski definition) is 1. The Bertz CT molecular complexity index is 434. The van der Waals surface area contributed by atoms with E-state index in [1.807, 2.05) is 31.2 Å². The summed E-state index contributed by atoms with van der Waals surface area (Å²) in [6.07, 6.45) is 0.343. The van der Waals surface area contributed by atoms with Crippen LogP contribution in [0.1, 0.15) is 18.9 Å². The van der Waals surface area contributed by atoms with Crippen LogP contribution in [-0.4, -0.2) is 30.0 Å². The molecule has 0 radical (unpaired) electrons. The van der Waals surface area contributed by atoms with Crippen LogP contribution >= 0.6 is 11.8 Å². The third-order valence-corrected chi connectivity index (χ3v) is 3.25. The Kier molecular flexibility index (Phi) is 7.03. The van der Waals surface area contributed by atoms with Gasteiger partial charge in [-0.2, -0.15) is 11.8 Å². The molecule has 0 atom stereocenters. The second kappa shape index (κ2) is 8.58. The molecule has 0 aliphatic carbocycles. The fraction of sp³-hybridized carbons (Fsp3) is 0.429. The van der Waals surface area contributed by atoms with Crippen molar-refractivity contribution in [1.82, 2.24) is 0 Å². The Morgan fingerprint density at radius 1 is 1.37 bits per heavy atom. The maximum Gasteiger partial charge on any atom is 0.306 e. The lowest BCUT2D eigenvalue weighted by Gasteiger charge is -2.06. The minimum Gasteiger partial charge on any atom is -0.466 e. The molecular formula is C14H19NO3S. The van der Waals surface area contributed by atoms with Crippen LogP contribution in [0, 0.1) is 6.92 Å². The zero-order chi connectivity index (χ0) is 14.1. The monoisotopic (exact) mass is 281 g/mol. The zero-order valence-corrected chi connectivity index (χ0v) is 12.1. The van der Waals surface area contributed by atoms with E-state index in [0.717, 1.165) is 11.3 Å². The standard InChI is InChI=1S/C14H19NO3S/c1-3-18-14(17)7-8-19-10-13(16)15-12-6-4-5-11(2)9-12/h4-6,9H,3,7-8,10H2,1-2H3,(H,15,16). The lowest BCUT2D eigenvalue weighted by molar-refractivity contribution is -0.142. The third kappa shape index (κ3) is 6.86. The average Bonchev–Trinajstić information content (AvgIpc) is 2.35. The molecule has 1 rings (SSSR count). The summed E-state index contributed by atoms with van der Waals surface area (Å²) in [6, 6.07) is 7.65. The summed E-state index contributed by atoms with van der Waals surface area (Å²) in [7, 11) is 0. The third-order valence-electron chi connectivity index (χ3n) is 2.29. The maximum atomic E-state index is 11.6. The molecule has 4 nitrogen and oxygen atoms in total. The molecule has 0 aliphatic rings. The number of aryl methyl sites for hydroxylation is 1. The van der Waals surface area contributed by atoms with Gasteiger partial charge in [-0.15, -0.1) is 0 Å². The fourth-order valence-corrected chi connectivity index (χ4v) is 2.19. The van der Waals surface area contributed by atoms with E-state index in [9.17, 15) is 9.59 Å². The number of ether oxygens (including phenoxy) is 1. The Balaban J connectivity index is 2.20. The van der Waals surface area contributed by atoms with Crippen molar-refractivity contribution < 1.29 is 14.3 Å². The molecule has 1 N–H and O–H groups in total. The number of benzene rings is 1. The van der Waals surface area contributed by atoms with Crippen molar-refractivity contribution in [2.24, 2.45) is 0 Å². The first-order valence-electron chi connectivity index (χ1n) is 6.21. The smallest absolute Gasteiger partial charge is 0.306 e. The van der Waals surface area contributed by atoms with E-state index in [2.05, 4.69) is 5.32 Å². The summed E-state index contributed by atoms with van der Waals surface area (Å²) >= 11 is 1.43. The molecule has 0 bridgehead atoms. The second-order valence-corrected chi connectivity index (χ2v) is 5.13. The molecule has 5 heteroatoms. The van der Waals surface area contributed by atoms with E-state index >= 15 is 0 Å². The number of nitrogens with one attached hydrogen (secondary N) is 1. The van der Waals surface area contributed by atoms with Gasteiger partial charge in [0.15, 0.2) is 0 Å². The van der Waals surface area contributed by atoms with Crippen molar-refractivity contribution in [3.05, 3.63) is 29.8 Å². The number of rotatable bonds is 7. The number of esters is 1. The van der Waals surface area contributed by atoms with Crippen LogP contribution in [0.3, 0.4) is 0 Å². The Hall–Kier alpha value is -1.49. The van der Waals surface area contributed by atoms with Gasteiger partial charge in [-0.25, -0.2) is 0 Å². The van der Waals surface area contributed by atoms with Crippen molar-refractivity contribution in [2.45, 2.75) is 20.3 Å². The van der Waals surface area contributed by atoms with Crippen molar-refractivity contribution in [1.29, 1.82) is 0 Å². The molecule has 0 heterocycles.